The van der Waals surface area contributed by atoms with Gasteiger partial charge in [-0.25, -0.2) is 10.2 Å². The maximum Gasteiger partial charge on any atom is 0.344 e. The molecule has 0 bridgehead atoms. The van der Waals surface area contributed by atoms with Crippen LogP contribution in [0.2, 0.25) is 5.02 Å². The van der Waals surface area contributed by atoms with Crippen molar-refractivity contribution in [2.24, 2.45) is 5.10 Å². The molecular weight excluding hydrogens is 419 g/mol. The van der Waals surface area contributed by atoms with E-state index in [4.69, 9.17) is 16.7 Å². The Hall–Kier alpha value is -1.19. The first-order chi connectivity index (χ1) is 9.38. The van der Waals surface area contributed by atoms with E-state index in [1.165, 1.54) is 10.9 Å². The lowest BCUT2D eigenvalue weighted by molar-refractivity contribution is -0.131. The van der Waals surface area contributed by atoms with Crippen molar-refractivity contribution in [3.8, 4) is 0 Å². The average Bonchev–Trinajstić information content (AvgIpc) is 2.78. The van der Waals surface area contributed by atoms with Crippen molar-refractivity contribution < 1.29 is 14.7 Å². The van der Waals surface area contributed by atoms with Crippen molar-refractivity contribution >= 4 is 61.6 Å². The zero-order valence-corrected chi connectivity index (χ0v) is 14.0. The number of allylic oxidation sites excluding steroid dienone is 1. The van der Waals surface area contributed by atoms with E-state index in [0.717, 1.165) is 6.21 Å². The number of rotatable bonds is 5. The second kappa shape index (κ2) is 7.55. The van der Waals surface area contributed by atoms with Crippen LogP contribution < -0.4 is 5.43 Å². The van der Waals surface area contributed by atoms with Gasteiger partial charge in [-0.05, 0) is 38.8 Å². The van der Waals surface area contributed by atoms with Crippen LogP contribution in [0.1, 0.15) is 17.4 Å². The molecule has 0 atom stereocenters. The molecule has 0 spiro atoms. The summed E-state index contributed by atoms with van der Waals surface area (Å²) in [7, 11) is 0. The van der Waals surface area contributed by atoms with E-state index in [9.17, 15) is 9.59 Å². The van der Waals surface area contributed by atoms with Crippen molar-refractivity contribution in [2.75, 3.05) is 0 Å². The number of aliphatic carboxylic acids is 1. The molecule has 1 amide bonds. The second-order valence-electron chi connectivity index (χ2n) is 3.32. The fourth-order valence-electron chi connectivity index (χ4n) is 1.19. The van der Waals surface area contributed by atoms with E-state index in [2.05, 4.69) is 47.5 Å². The molecule has 0 fully saturated rings. The van der Waals surface area contributed by atoms with Gasteiger partial charge in [0.2, 0.25) is 0 Å². The Morgan fingerprint density at radius 2 is 2.25 bits per heavy atom. The van der Waals surface area contributed by atoms with E-state index in [1.54, 1.807) is 0 Å². The number of carbonyl (C=O) groups excluding carboxylic acids is 1. The van der Waals surface area contributed by atoms with Crippen molar-refractivity contribution in [3.05, 3.63) is 25.9 Å². The van der Waals surface area contributed by atoms with Gasteiger partial charge in [0.25, 0.3) is 5.91 Å². The average molecular weight is 428 g/mol. The van der Waals surface area contributed by atoms with E-state index in [0.29, 0.717) is 6.54 Å². The van der Waals surface area contributed by atoms with Gasteiger partial charge in [-0.3, -0.25) is 9.48 Å². The third-order valence-corrected chi connectivity index (χ3v) is 4.23. The molecule has 0 aliphatic rings. The zero-order valence-electron chi connectivity index (χ0n) is 10.1. The molecule has 0 saturated heterocycles. The fraction of sp³-hybridized carbons (Fsp3) is 0.200. The first-order valence-electron chi connectivity index (χ1n) is 5.21. The van der Waals surface area contributed by atoms with Crippen LogP contribution in [0, 0.1) is 0 Å². The number of carboxylic acid groups (broad SMARTS) is 1. The number of hydrogen-bond acceptors (Lipinski definition) is 4. The Morgan fingerprint density at radius 3 is 2.80 bits per heavy atom. The summed E-state index contributed by atoms with van der Waals surface area (Å²) in [6.07, 6.45) is 2.50. The Bertz CT molecular complexity index is 597. The number of aryl methyl sites for hydroxylation is 1. The van der Waals surface area contributed by atoms with Gasteiger partial charge in [-0.15, -0.1) is 0 Å². The molecule has 2 N–H and O–H groups in total. The monoisotopic (exact) mass is 426 g/mol. The molecule has 1 aromatic heterocycles. The lowest BCUT2D eigenvalue weighted by Gasteiger charge is -2.03. The molecule has 20 heavy (non-hydrogen) atoms. The summed E-state index contributed by atoms with van der Waals surface area (Å²) in [6, 6.07) is 0. The summed E-state index contributed by atoms with van der Waals surface area (Å²) in [6.45, 7) is 2.29. The number of carbonyl (C=O) groups is 2. The third-order valence-electron chi connectivity index (χ3n) is 2.05. The number of aromatic nitrogens is 2. The number of nitrogens with zero attached hydrogens (tertiary/aromatic N) is 3. The first-order valence-corrected chi connectivity index (χ1v) is 7.18. The highest BCUT2D eigenvalue weighted by molar-refractivity contribution is 9.14. The highest BCUT2D eigenvalue weighted by Gasteiger charge is 2.16. The summed E-state index contributed by atoms with van der Waals surface area (Å²) in [5.74, 6) is -1.71. The van der Waals surface area contributed by atoms with Crippen LogP contribution in [-0.2, 0) is 11.3 Å². The molecule has 0 saturated carbocycles. The smallest absolute Gasteiger partial charge is 0.344 e. The number of amides is 1. The fourth-order valence-corrected chi connectivity index (χ4v) is 1.79. The van der Waals surface area contributed by atoms with Crippen LogP contribution in [-0.4, -0.2) is 33.0 Å². The zero-order chi connectivity index (χ0) is 15.3. The molecule has 0 aliphatic carbocycles. The van der Waals surface area contributed by atoms with Gasteiger partial charge in [0.15, 0.2) is 0 Å². The van der Waals surface area contributed by atoms with Crippen LogP contribution in [0.15, 0.2) is 20.3 Å². The third kappa shape index (κ3) is 4.15. The molecule has 0 radical (unpaired) electrons. The number of carboxylic acids is 1. The summed E-state index contributed by atoms with van der Waals surface area (Å²) in [5.41, 5.74) is 2.42. The SMILES string of the molecule is CCn1ncc(Cl)c1C(=O)N/N=C\C(Br)=C(/Br)C(=O)O. The van der Waals surface area contributed by atoms with Crippen molar-refractivity contribution in [3.63, 3.8) is 0 Å². The van der Waals surface area contributed by atoms with Gasteiger partial charge in [-0.1, -0.05) is 11.6 Å². The van der Waals surface area contributed by atoms with E-state index in [1.807, 2.05) is 6.92 Å². The molecule has 1 aromatic rings. The molecule has 10 heteroatoms. The highest BCUT2D eigenvalue weighted by atomic mass is 79.9. The first kappa shape index (κ1) is 16.9. The van der Waals surface area contributed by atoms with Crippen LogP contribution in [0.25, 0.3) is 0 Å². The maximum absolute atomic E-state index is 11.9. The largest absolute Gasteiger partial charge is 0.477 e. The summed E-state index contributed by atoms with van der Waals surface area (Å²) in [5, 5.41) is 16.5. The van der Waals surface area contributed by atoms with E-state index >= 15 is 0 Å². The summed E-state index contributed by atoms with van der Waals surface area (Å²) >= 11 is 11.7. The second-order valence-corrected chi connectivity index (χ2v) is 5.38. The lowest BCUT2D eigenvalue weighted by Crippen LogP contribution is -2.22. The standard InChI is InChI=1S/C10H9Br2ClN4O3/c1-2-17-8(6(13)4-15-17)9(18)16-14-3-5(11)7(12)10(19)20/h3-4H,2H2,1H3,(H,16,18)(H,19,20)/b7-5+,14-3-. The van der Waals surface area contributed by atoms with Crippen LogP contribution in [0.5, 0.6) is 0 Å². The predicted molar refractivity (Wildman–Crippen MR) is 81.4 cm³/mol. The molecule has 0 aliphatic heterocycles. The Labute approximate surface area is 135 Å². The molecule has 0 aromatic carbocycles. The molecular formula is C10H9Br2ClN4O3. The van der Waals surface area contributed by atoms with Gasteiger partial charge >= 0.3 is 5.97 Å². The Morgan fingerprint density at radius 1 is 1.60 bits per heavy atom. The van der Waals surface area contributed by atoms with Gasteiger partial charge in [0, 0.05) is 6.54 Å². The minimum atomic E-state index is -1.17. The number of hydrazone groups is 1. The van der Waals surface area contributed by atoms with Crippen molar-refractivity contribution in [1.82, 2.24) is 15.2 Å². The molecule has 0 unspecified atom stereocenters. The van der Waals surface area contributed by atoms with Crippen LogP contribution in [0.3, 0.4) is 0 Å². The minimum Gasteiger partial charge on any atom is -0.477 e. The predicted octanol–water partition coefficient (Wildman–Crippen LogP) is 2.36. The van der Waals surface area contributed by atoms with E-state index in [-0.39, 0.29) is 19.7 Å². The minimum absolute atomic E-state index is 0.118. The molecule has 1 heterocycles. The normalized spacial score (nSPS) is 12.4. The Kier molecular flexibility index (Phi) is 6.37. The topological polar surface area (TPSA) is 96.6 Å². The number of halogens is 3. The van der Waals surface area contributed by atoms with Crippen LogP contribution in [0.4, 0.5) is 0 Å². The highest BCUT2D eigenvalue weighted by Crippen LogP contribution is 2.16. The number of nitrogens with one attached hydrogen (secondary N) is 1. The van der Waals surface area contributed by atoms with Gasteiger partial charge in [0.1, 0.15) is 10.2 Å². The van der Waals surface area contributed by atoms with Gasteiger partial charge in [0.05, 0.1) is 21.9 Å². The number of hydrogen-bond donors (Lipinski definition) is 2. The maximum atomic E-state index is 11.9. The Balaban J connectivity index is 2.80. The summed E-state index contributed by atoms with van der Waals surface area (Å²) in [4.78, 5) is 22.5. The molecule has 108 valence electrons. The van der Waals surface area contributed by atoms with Crippen LogP contribution >= 0.6 is 43.5 Å². The molecule has 7 nitrogen and oxygen atoms in total. The van der Waals surface area contributed by atoms with Crippen molar-refractivity contribution in [2.45, 2.75) is 13.5 Å². The quantitative estimate of drug-likeness (QED) is 0.428. The van der Waals surface area contributed by atoms with Gasteiger partial charge < -0.3 is 5.11 Å². The van der Waals surface area contributed by atoms with E-state index < -0.39 is 11.9 Å². The molecule has 1 rings (SSSR count). The summed E-state index contributed by atoms with van der Waals surface area (Å²) < 4.78 is 1.47. The van der Waals surface area contributed by atoms with Gasteiger partial charge in [-0.2, -0.15) is 10.2 Å². The van der Waals surface area contributed by atoms with Crippen molar-refractivity contribution in [1.29, 1.82) is 0 Å². The lowest BCUT2D eigenvalue weighted by atomic mass is 10.4.